The molecule has 158 valence electrons. The maximum Gasteiger partial charge on any atom is 0.244 e. The third kappa shape index (κ3) is 4.65. The number of aryl methyl sites for hydroxylation is 1. The molecule has 3 aromatic rings. The lowest BCUT2D eigenvalue weighted by atomic mass is 10.1. The minimum Gasteiger partial charge on any atom is -0.311 e. The molecule has 1 aliphatic rings. The first-order chi connectivity index (χ1) is 15.0. The van der Waals surface area contributed by atoms with Crippen LogP contribution in [0.3, 0.4) is 0 Å². The number of amides is 1. The Morgan fingerprint density at radius 2 is 1.97 bits per heavy atom. The van der Waals surface area contributed by atoms with Crippen LogP contribution in [0.1, 0.15) is 24.1 Å². The molecule has 0 saturated carbocycles. The van der Waals surface area contributed by atoms with Gasteiger partial charge in [0.15, 0.2) is 0 Å². The number of carbonyl (C=O) groups is 1. The second-order valence-corrected chi connectivity index (χ2v) is 7.82. The zero-order chi connectivity index (χ0) is 21.8. The molecule has 1 aliphatic heterocycles. The van der Waals surface area contributed by atoms with E-state index < -0.39 is 0 Å². The smallest absolute Gasteiger partial charge is 0.244 e. The third-order valence-corrected chi connectivity index (χ3v) is 5.75. The monoisotopic (exact) mass is 417 g/mol. The Kier molecular flexibility index (Phi) is 6.10. The average Bonchev–Trinajstić information content (AvgIpc) is 3.41. The maximum atomic E-state index is 13.1. The van der Waals surface area contributed by atoms with Gasteiger partial charge in [0.25, 0.3) is 0 Å². The van der Waals surface area contributed by atoms with Crippen molar-refractivity contribution in [1.82, 2.24) is 15.1 Å². The van der Waals surface area contributed by atoms with E-state index in [4.69, 9.17) is 5.26 Å². The number of carbonyl (C=O) groups excluding carboxylic acids is 1. The number of nitrogens with one attached hydrogen (secondary N) is 1. The predicted octanol–water partition coefficient (Wildman–Crippen LogP) is 3.76. The number of anilines is 1. The van der Waals surface area contributed by atoms with Crippen LogP contribution < -0.4 is 4.90 Å². The highest BCUT2D eigenvalue weighted by atomic mass is 19.1. The summed E-state index contributed by atoms with van der Waals surface area (Å²) in [7, 11) is 1.99. The molecule has 1 saturated heterocycles. The molecule has 1 amide bonds. The molecule has 7 heteroatoms. The summed E-state index contributed by atoms with van der Waals surface area (Å²) < 4.78 is 13.1. The quantitative estimate of drug-likeness (QED) is 0.635. The zero-order valence-corrected chi connectivity index (χ0v) is 17.4. The van der Waals surface area contributed by atoms with E-state index in [1.165, 1.54) is 12.1 Å². The van der Waals surface area contributed by atoms with Gasteiger partial charge >= 0.3 is 0 Å². The number of aromatic nitrogens is 2. The summed E-state index contributed by atoms with van der Waals surface area (Å²) in [4.78, 5) is 16.8. The number of nitrogens with zero attached hydrogens (tertiary/aromatic N) is 4. The number of halogens is 1. The van der Waals surface area contributed by atoms with Crippen molar-refractivity contribution in [1.29, 1.82) is 5.26 Å². The van der Waals surface area contributed by atoms with Crippen molar-refractivity contribution < 1.29 is 9.18 Å². The van der Waals surface area contributed by atoms with E-state index in [0.29, 0.717) is 12.1 Å². The molecular weight excluding hydrogens is 393 g/mol. The number of benzene rings is 2. The average molecular weight is 417 g/mol. The van der Waals surface area contributed by atoms with E-state index in [1.807, 2.05) is 25.2 Å². The minimum absolute atomic E-state index is 0.104. The number of likely N-dealkylation sites (N-methyl/N-ethyl adjacent to an activating group) is 1. The van der Waals surface area contributed by atoms with Crippen molar-refractivity contribution in [2.24, 2.45) is 0 Å². The lowest BCUT2D eigenvalue weighted by Gasteiger charge is -2.23. The topological polar surface area (TPSA) is 76.0 Å². The maximum absolute atomic E-state index is 13.1. The van der Waals surface area contributed by atoms with Gasteiger partial charge in [0.1, 0.15) is 5.82 Å². The molecular formula is C24H24FN5O. The molecule has 0 spiro atoms. The van der Waals surface area contributed by atoms with E-state index in [-0.39, 0.29) is 17.8 Å². The Morgan fingerprint density at radius 1 is 1.23 bits per heavy atom. The highest BCUT2D eigenvalue weighted by Crippen LogP contribution is 2.25. The summed E-state index contributed by atoms with van der Waals surface area (Å²) in [5.74, 6) is -0.158. The predicted molar refractivity (Wildman–Crippen MR) is 117 cm³/mol. The largest absolute Gasteiger partial charge is 0.311 e. The van der Waals surface area contributed by atoms with Crippen LogP contribution in [0.25, 0.3) is 11.3 Å². The second-order valence-electron chi connectivity index (χ2n) is 7.82. The summed E-state index contributed by atoms with van der Waals surface area (Å²) in [6.45, 7) is 1.48. The van der Waals surface area contributed by atoms with Gasteiger partial charge in [0.05, 0.1) is 23.4 Å². The van der Waals surface area contributed by atoms with Gasteiger partial charge in [-0.25, -0.2) is 4.39 Å². The van der Waals surface area contributed by atoms with Crippen molar-refractivity contribution in [3.8, 4) is 17.3 Å². The lowest BCUT2D eigenvalue weighted by Crippen LogP contribution is -2.40. The molecule has 2 aromatic carbocycles. The van der Waals surface area contributed by atoms with Crippen LogP contribution in [0.5, 0.6) is 0 Å². The minimum atomic E-state index is -0.262. The summed E-state index contributed by atoms with van der Waals surface area (Å²) in [5, 5.41) is 16.3. The van der Waals surface area contributed by atoms with Gasteiger partial charge in [-0.2, -0.15) is 10.4 Å². The second kappa shape index (κ2) is 9.11. The third-order valence-electron chi connectivity index (χ3n) is 5.75. The van der Waals surface area contributed by atoms with Gasteiger partial charge in [-0.1, -0.05) is 0 Å². The van der Waals surface area contributed by atoms with E-state index in [0.717, 1.165) is 48.4 Å². The number of hydrogen-bond acceptors (Lipinski definition) is 4. The van der Waals surface area contributed by atoms with Crippen LogP contribution in [0.2, 0.25) is 0 Å². The fourth-order valence-corrected chi connectivity index (χ4v) is 3.98. The van der Waals surface area contributed by atoms with E-state index in [1.54, 1.807) is 29.2 Å². The molecule has 1 unspecified atom stereocenters. The Hall–Kier alpha value is -3.50. The standard InChI is InChI=1S/C24H24FN5O/c1-29(23-12-14-30(24(23)31)21-10-4-17(16-26)5-11-21)13-2-3-20-15-22(28-27-20)18-6-8-19(25)9-7-18/h4-11,15,23H,2-3,12-14H2,1H3,(H,27,28). The molecule has 6 nitrogen and oxygen atoms in total. The van der Waals surface area contributed by atoms with Crippen molar-refractivity contribution in [2.45, 2.75) is 25.3 Å². The van der Waals surface area contributed by atoms with Crippen molar-refractivity contribution in [2.75, 3.05) is 25.0 Å². The number of aromatic amines is 1. The Labute approximate surface area is 180 Å². The number of H-pyrrole nitrogens is 1. The number of nitriles is 1. The zero-order valence-electron chi connectivity index (χ0n) is 17.4. The number of hydrogen-bond donors (Lipinski definition) is 1. The van der Waals surface area contributed by atoms with Gasteiger partial charge in [-0.15, -0.1) is 0 Å². The first kappa shape index (κ1) is 20.8. The number of rotatable bonds is 7. The Morgan fingerprint density at radius 3 is 2.68 bits per heavy atom. The van der Waals surface area contributed by atoms with Crippen molar-refractivity contribution in [3.05, 3.63) is 71.7 Å². The molecule has 4 rings (SSSR count). The normalized spacial score (nSPS) is 16.1. The van der Waals surface area contributed by atoms with Crippen molar-refractivity contribution >= 4 is 11.6 Å². The highest BCUT2D eigenvalue weighted by molar-refractivity contribution is 5.99. The molecule has 1 N–H and O–H groups in total. The van der Waals surface area contributed by atoms with Crippen molar-refractivity contribution in [3.63, 3.8) is 0 Å². The summed E-state index contributed by atoms with van der Waals surface area (Å²) in [6, 6.07) is 17.4. The van der Waals surface area contributed by atoms with Gasteiger partial charge in [0.2, 0.25) is 5.91 Å². The van der Waals surface area contributed by atoms with E-state index >= 15 is 0 Å². The Bertz CT molecular complexity index is 1080. The summed E-state index contributed by atoms with van der Waals surface area (Å²) in [6.07, 6.45) is 2.50. The molecule has 0 radical (unpaired) electrons. The van der Waals surface area contributed by atoms with Crippen LogP contribution in [-0.4, -0.2) is 47.2 Å². The van der Waals surface area contributed by atoms with Gasteiger partial charge < -0.3 is 4.90 Å². The molecule has 1 fully saturated rings. The lowest BCUT2D eigenvalue weighted by molar-refractivity contribution is -0.121. The van der Waals surface area contributed by atoms with E-state index in [2.05, 4.69) is 21.2 Å². The molecule has 0 aliphatic carbocycles. The molecule has 1 atom stereocenters. The van der Waals surface area contributed by atoms with Gasteiger partial charge in [-0.3, -0.25) is 14.8 Å². The van der Waals surface area contributed by atoms with Gasteiger partial charge in [-0.05, 0) is 87.5 Å². The molecule has 31 heavy (non-hydrogen) atoms. The van der Waals surface area contributed by atoms with Crippen LogP contribution >= 0.6 is 0 Å². The molecule has 2 heterocycles. The first-order valence-electron chi connectivity index (χ1n) is 10.4. The molecule has 0 bridgehead atoms. The first-order valence-corrected chi connectivity index (χ1v) is 10.4. The van der Waals surface area contributed by atoms with Crippen LogP contribution in [-0.2, 0) is 11.2 Å². The van der Waals surface area contributed by atoms with Crippen LogP contribution in [0.4, 0.5) is 10.1 Å². The highest BCUT2D eigenvalue weighted by Gasteiger charge is 2.34. The summed E-state index contributed by atoms with van der Waals surface area (Å²) >= 11 is 0. The van der Waals surface area contributed by atoms with Gasteiger partial charge in [0, 0.05) is 23.5 Å². The van der Waals surface area contributed by atoms with E-state index in [9.17, 15) is 9.18 Å². The SMILES string of the molecule is CN(CCCc1cc(-c2ccc(F)cc2)n[nH]1)C1CCN(c2ccc(C#N)cc2)C1=O. The Balaban J connectivity index is 1.29. The fourth-order valence-electron chi connectivity index (χ4n) is 3.98. The molecule has 1 aromatic heterocycles. The van der Waals surface area contributed by atoms with Crippen LogP contribution in [0, 0.1) is 17.1 Å². The summed E-state index contributed by atoms with van der Waals surface area (Å²) in [5.41, 5.74) is 4.12. The van der Waals surface area contributed by atoms with Crippen LogP contribution in [0.15, 0.2) is 54.6 Å². The fraction of sp³-hybridized carbons (Fsp3) is 0.292.